The van der Waals surface area contributed by atoms with Crippen LogP contribution in [-0.4, -0.2) is 28.2 Å². The Labute approximate surface area is 82.7 Å². The van der Waals surface area contributed by atoms with E-state index in [1.54, 1.807) is 0 Å². The molecule has 0 aromatic carbocycles. The molecule has 0 aliphatic heterocycles. The molecule has 0 atom stereocenters. The number of nitrogens with zero attached hydrogens (tertiary/aromatic N) is 3. The second-order valence-corrected chi connectivity index (χ2v) is 2.71. The maximum absolute atomic E-state index is 12.4. The van der Waals surface area contributed by atoms with Crippen molar-refractivity contribution < 1.29 is 18.0 Å². The number of hydrazine groups is 1. The minimum atomic E-state index is -4.66. The van der Waals surface area contributed by atoms with Crippen LogP contribution in [0, 0.1) is 0 Å². The molecule has 0 saturated heterocycles. The number of halogens is 3. The second-order valence-electron chi connectivity index (χ2n) is 2.71. The zero-order valence-electron chi connectivity index (χ0n) is 7.62. The van der Waals surface area contributed by atoms with Gasteiger partial charge in [0.15, 0.2) is 5.69 Å². The summed E-state index contributed by atoms with van der Waals surface area (Å²) in [5.41, 5.74) is -1.96. The average Bonchev–Trinajstić information content (AvgIpc) is 2.15. The van der Waals surface area contributed by atoms with Crippen LogP contribution in [0.5, 0.6) is 0 Å². The van der Waals surface area contributed by atoms with E-state index in [2.05, 4.69) is 10.2 Å². The summed E-state index contributed by atoms with van der Waals surface area (Å²) in [6, 6.07) is 0.670. The van der Waals surface area contributed by atoms with E-state index in [4.69, 9.17) is 5.84 Å². The molecule has 0 aliphatic rings. The van der Waals surface area contributed by atoms with Crippen LogP contribution in [0.3, 0.4) is 0 Å². The number of amides is 1. The van der Waals surface area contributed by atoms with Gasteiger partial charge in [0.25, 0.3) is 5.91 Å². The van der Waals surface area contributed by atoms with Gasteiger partial charge in [0.05, 0.1) is 11.8 Å². The lowest BCUT2D eigenvalue weighted by molar-refractivity contribution is -0.138. The van der Waals surface area contributed by atoms with Gasteiger partial charge in [0, 0.05) is 7.05 Å². The number of aromatic nitrogens is 2. The molecule has 0 fully saturated rings. The molecular weight excluding hydrogens is 213 g/mol. The van der Waals surface area contributed by atoms with E-state index < -0.39 is 23.3 Å². The summed E-state index contributed by atoms with van der Waals surface area (Å²) in [4.78, 5) is 11.2. The Kier molecular flexibility index (Phi) is 2.89. The standard InChI is InChI=1S/C7H7F3N4O/c1-14(11)6(15)5-4(7(8,9)10)2-3-12-13-5/h2-3H,11H2,1H3. The SMILES string of the molecule is CN(N)C(=O)c1nnccc1C(F)(F)F. The predicted octanol–water partition coefficient (Wildman–Crippen LogP) is 0.441. The quantitative estimate of drug-likeness (QED) is 0.423. The van der Waals surface area contributed by atoms with Gasteiger partial charge in [0.2, 0.25) is 0 Å². The highest BCUT2D eigenvalue weighted by molar-refractivity contribution is 5.93. The highest BCUT2D eigenvalue weighted by Gasteiger charge is 2.36. The Balaban J connectivity index is 3.25. The first-order chi connectivity index (χ1) is 6.84. The van der Waals surface area contributed by atoms with Crippen molar-refractivity contribution in [2.75, 3.05) is 7.05 Å². The zero-order valence-corrected chi connectivity index (χ0v) is 7.62. The van der Waals surface area contributed by atoms with Gasteiger partial charge in [-0.15, -0.1) is 5.10 Å². The number of carbonyl (C=O) groups is 1. The van der Waals surface area contributed by atoms with Gasteiger partial charge in [-0.3, -0.25) is 9.80 Å². The van der Waals surface area contributed by atoms with E-state index in [0.717, 1.165) is 13.2 Å². The maximum Gasteiger partial charge on any atom is 0.418 e. The lowest BCUT2D eigenvalue weighted by Crippen LogP contribution is -2.35. The fourth-order valence-electron chi connectivity index (χ4n) is 0.886. The molecular formula is C7H7F3N4O. The lowest BCUT2D eigenvalue weighted by Gasteiger charge is -2.13. The van der Waals surface area contributed by atoms with Gasteiger partial charge in [0.1, 0.15) is 0 Å². The van der Waals surface area contributed by atoms with Gasteiger partial charge in [-0.1, -0.05) is 0 Å². The maximum atomic E-state index is 12.4. The highest BCUT2D eigenvalue weighted by atomic mass is 19.4. The molecule has 1 aromatic heterocycles. The van der Waals surface area contributed by atoms with Crippen LogP contribution < -0.4 is 5.84 Å². The predicted molar refractivity (Wildman–Crippen MR) is 43.3 cm³/mol. The van der Waals surface area contributed by atoms with Crippen molar-refractivity contribution in [1.82, 2.24) is 15.2 Å². The molecule has 82 valence electrons. The van der Waals surface area contributed by atoms with Crippen LogP contribution >= 0.6 is 0 Å². The van der Waals surface area contributed by atoms with E-state index in [1.807, 2.05) is 0 Å². The zero-order chi connectivity index (χ0) is 11.6. The number of hydrogen-bond donors (Lipinski definition) is 1. The Morgan fingerprint density at radius 2 is 2.13 bits per heavy atom. The van der Waals surface area contributed by atoms with Crippen molar-refractivity contribution in [3.8, 4) is 0 Å². The summed E-state index contributed by atoms with van der Waals surface area (Å²) < 4.78 is 37.2. The number of nitrogens with two attached hydrogens (primary N) is 1. The highest BCUT2D eigenvalue weighted by Crippen LogP contribution is 2.30. The van der Waals surface area contributed by atoms with Crippen LogP contribution in [0.25, 0.3) is 0 Å². The molecule has 1 heterocycles. The molecule has 0 bridgehead atoms. The van der Waals surface area contributed by atoms with Crippen molar-refractivity contribution in [3.05, 3.63) is 23.5 Å². The molecule has 0 unspecified atom stereocenters. The van der Waals surface area contributed by atoms with E-state index in [0.29, 0.717) is 11.1 Å². The Morgan fingerprint density at radius 3 is 2.60 bits per heavy atom. The van der Waals surface area contributed by atoms with Gasteiger partial charge in [-0.05, 0) is 6.07 Å². The summed E-state index contributed by atoms with van der Waals surface area (Å²) in [5, 5.41) is 6.85. The third-order valence-electron chi connectivity index (χ3n) is 1.55. The molecule has 1 rings (SSSR count). The van der Waals surface area contributed by atoms with Crippen LogP contribution in [0.2, 0.25) is 0 Å². The normalized spacial score (nSPS) is 11.3. The van der Waals surface area contributed by atoms with Gasteiger partial charge < -0.3 is 0 Å². The summed E-state index contributed by atoms with van der Waals surface area (Å²) >= 11 is 0. The molecule has 5 nitrogen and oxygen atoms in total. The first-order valence-corrected chi connectivity index (χ1v) is 3.75. The third kappa shape index (κ3) is 2.40. The van der Waals surface area contributed by atoms with Gasteiger partial charge >= 0.3 is 6.18 Å². The number of rotatable bonds is 1. The lowest BCUT2D eigenvalue weighted by atomic mass is 10.2. The minimum absolute atomic E-state index is 0.513. The number of carbonyl (C=O) groups excluding carboxylic acids is 1. The van der Waals surface area contributed by atoms with E-state index in [1.165, 1.54) is 0 Å². The average molecular weight is 220 g/mol. The molecule has 1 aromatic rings. The minimum Gasteiger partial charge on any atom is -0.278 e. The van der Waals surface area contributed by atoms with E-state index >= 15 is 0 Å². The Bertz CT molecular complexity index is 377. The summed E-state index contributed by atoms with van der Waals surface area (Å²) in [6.45, 7) is 0. The van der Waals surface area contributed by atoms with E-state index in [-0.39, 0.29) is 0 Å². The first-order valence-electron chi connectivity index (χ1n) is 3.75. The van der Waals surface area contributed by atoms with Gasteiger partial charge in [-0.25, -0.2) is 5.84 Å². The largest absolute Gasteiger partial charge is 0.418 e. The summed E-state index contributed by atoms with van der Waals surface area (Å²) in [7, 11) is 1.12. The van der Waals surface area contributed by atoms with Crippen LogP contribution in [0.1, 0.15) is 16.1 Å². The van der Waals surface area contributed by atoms with Crippen LogP contribution in [0.15, 0.2) is 12.3 Å². The van der Waals surface area contributed by atoms with Crippen LogP contribution in [0.4, 0.5) is 13.2 Å². The molecule has 8 heteroatoms. The van der Waals surface area contributed by atoms with Crippen molar-refractivity contribution >= 4 is 5.91 Å². The molecule has 0 aliphatic carbocycles. The van der Waals surface area contributed by atoms with Crippen molar-refractivity contribution in [1.29, 1.82) is 0 Å². The smallest absolute Gasteiger partial charge is 0.278 e. The molecule has 15 heavy (non-hydrogen) atoms. The van der Waals surface area contributed by atoms with Crippen LogP contribution in [-0.2, 0) is 6.18 Å². The first kappa shape index (κ1) is 11.4. The fraction of sp³-hybridized carbons (Fsp3) is 0.286. The molecule has 1 amide bonds. The summed E-state index contributed by atoms with van der Waals surface area (Å²) in [5.74, 6) is 3.98. The fourth-order valence-corrected chi connectivity index (χ4v) is 0.886. The molecule has 0 spiro atoms. The van der Waals surface area contributed by atoms with Crippen molar-refractivity contribution in [2.45, 2.75) is 6.18 Å². The Hall–Kier alpha value is -1.70. The third-order valence-corrected chi connectivity index (χ3v) is 1.55. The van der Waals surface area contributed by atoms with Gasteiger partial charge in [-0.2, -0.15) is 18.3 Å². The monoisotopic (exact) mass is 220 g/mol. The summed E-state index contributed by atoms with van der Waals surface area (Å²) in [6.07, 6.45) is -3.80. The topological polar surface area (TPSA) is 72.1 Å². The Morgan fingerprint density at radius 1 is 1.53 bits per heavy atom. The molecule has 0 saturated carbocycles. The van der Waals surface area contributed by atoms with Crippen molar-refractivity contribution in [2.24, 2.45) is 5.84 Å². The van der Waals surface area contributed by atoms with Crippen molar-refractivity contribution in [3.63, 3.8) is 0 Å². The molecule has 0 radical (unpaired) electrons. The second kappa shape index (κ2) is 3.81. The molecule has 2 N–H and O–H groups in total. The number of alkyl halides is 3. The number of hydrogen-bond acceptors (Lipinski definition) is 4. The van der Waals surface area contributed by atoms with E-state index in [9.17, 15) is 18.0 Å².